The minimum absolute atomic E-state index is 0.0762. The molecule has 5 nitrogen and oxygen atoms in total. The molecule has 0 saturated carbocycles. The van der Waals surface area contributed by atoms with E-state index in [9.17, 15) is 9.59 Å². The highest BCUT2D eigenvalue weighted by molar-refractivity contribution is 5.84. The molecule has 1 amide bonds. The molecule has 25 heavy (non-hydrogen) atoms. The zero-order chi connectivity index (χ0) is 19.8. The Morgan fingerprint density at radius 2 is 1.80 bits per heavy atom. The molecular weight excluding hydrogens is 318 g/mol. The summed E-state index contributed by atoms with van der Waals surface area (Å²) in [6, 6.07) is 7.50. The van der Waals surface area contributed by atoms with Crippen LogP contribution in [0.5, 0.6) is 0 Å². The van der Waals surface area contributed by atoms with E-state index in [2.05, 4.69) is 0 Å². The summed E-state index contributed by atoms with van der Waals surface area (Å²) >= 11 is 0. The lowest BCUT2D eigenvalue weighted by atomic mass is 9.87. The lowest BCUT2D eigenvalue weighted by Crippen LogP contribution is -2.49. The van der Waals surface area contributed by atoms with Gasteiger partial charge in [-0.1, -0.05) is 71.9 Å². The molecule has 138 valence electrons. The third kappa shape index (κ3) is 4.97. The molecule has 1 saturated heterocycles. The van der Waals surface area contributed by atoms with Gasteiger partial charge in [-0.15, -0.1) is 0 Å². The first-order chi connectivity index (χ1) is 11.8. The Morgan fingerprint density at radius 1 is 1.20 bits per heavy atom. The van der Waals surface area contributed by atoms with Crippen molar-refractivity contribution in [2.24, 2.45) is 10.8 Å². The average molecular weight is 348 g/mol. The number of rotatable bonds is 3. The fourth-order valence-corrected chi connectivity index (χ4v) is 2.68. The Labute approximate surface area is 151 Å². The summed E-state index contributed by atoms with van der Waals surface area (Å²) in [4.78, 5) is 26.6. The number of ether oxygens (including phenoxy) is 2. The van der Waals surface area contributed by atoms with Gasteiger partial charge in [0.25, 0.3) is 0 Å². The summed E-state index contributed by atoms with van der Waals surface area (Å²) in [5.41, 5.74) is -0.0424. The van der Waals surface area contributed by atoms with Crippen LogP contribution >= 0.6 is 0 Å². The Kier molecular flexibility index (Phi) is 5.02. The Balaban J connectivity index is 2.30. The van der Waals surface area contributed by atoms with E-state index >= 15 is 0 Å². The first kappa shape index (κ1) is 17.8. The molecule has 0 aliphatic carbocycles. The number of nitrogens with zero attached hydrogens (tertiary/aromatic N) is 1. The molecule has 0 bridgehead atoms. The number of carbonyl (C=O) groups is 2. The molecule has 1 heterocycles. The van der Waals surface area contributed by atoms with Gasteiger partial charge in [-0.2, -0.15) is 0 Å². The molecule has 1 aromatic carbocycles. The molecule has 0 N–H and O–H groups in total. The third-order valence-electron chi connectivity index (χ3n) is 3.82. The summed E-state index contributed by atoms with van der Waals surface area (Å²) in [5, 5.41) is 0. The number of hydrogen-bond donors (Lipinski definition) is 0. The maximum absolute atomic E-state index is 12.9. The third-order valence-corrected chi connectivity index (χ3v) is 3.82. The van der Waals surface area contributed by atoms with Gasteiger partial charge in [0.1, 0.15) is 12.6 Å². The van der Waals surface area contributed by atoms with E-state index in [4.69, 9.17) is 10.8 Å². The van der Waals surface area contributed by atoms with Crippen LogP contribution in [0.3, 0.4) is 0 Å². The highest BCUT2D eigenvalue weighted by Gasteiger charge is 2.51. The van der Waals surface area contributed by atoms with E-state index < -0.39 is 29.7 Å². The van der Waals surface area contributed by atoms with E-state index in [1.165, 1.54) is 4.90 Å². The summed E-state index contributed by atoms with van der Waals surface area (Å²) in [6.45, 7) is 11.5. The summed E-state index contributed by atoms with van der Waals surface area (Å²) < 4.78 is 19.7. The Morgan fingerprint density at radius 3 is 2.32 bits per heavy atom. The van der Waals surface area contributed by atoms with Crippen molar-refractivity contribution < 1.29 is 20.4 Å². The van der Waals surface area contributed by atoms with E-state index in [0.29, 0.717) is 0 Å². The molecule has 0 spiro atoms. The first-order valence-electron chi connectivity index (χ1n) is 9.06. The number of carbonyl (C=O) groups excluding carboxylic acids is 2. The zero-order valence-corrected chi connectivity index (χ0v) is 16.0. The van der Waals surface area contributed by atoms with Gasteiger partial charge in [-0.05, 0) is 17.4 Å². The van der Waals surface area contributed by atoms with Crippen molar-refractivity contribution >= 4 is 12.1 Å². The van der Waals surface area contributed by atoms with Crippen LogP contribution in [0, 0.1) is 10.8 Å². The minimum Gasteiger partial charge on any atom is -0.444 e. The van der Waals surface area contributed by atoms with Gasteiger partial charge in [0.2, 0.25) is 0 Å². The monoisotopic (exact) mass is 348 g/mol. The van der Waals surface area contributed by atoms with Crippen LogP contribution in [0.15, 0.2) is 30.3 Å². The molecule has 1 aliphatic heterocycles. The summed E-state index contributed by atoms with van der Waals surface area (Å²) in [5.74, 6) is -0.705. The molecule has 0 unspecified atom stereocenters. The summed E-state index contributed by atoms with van der Waals surface area (Å²) in [7, 11) is 0. The van der Waals surface area contributed by atoms with Gasteiger partial charge in [0, 0.05) is 5.41 Å². The molecular formula is C20H29NO4. The second-order valence-electron chi connectivity index (χ2n) is 8.72. The number of esters is 1. The molecule has 1 aromatic rings. The van der Waals surface area contributed by atoms with Crippen molar-refractivity contribution in [1.29, 1.82) is 0 Å². The smallest absolute Gasteiger partial charge is 0.413 e. The quantitative estimate of drug-likeness (QED) is 0.762. The van der Waals surface area contributed by atoms with Gasteiger partial charge < -0.3 is 9.47 Å². The maximum Gasteiger partial charge on any atom is 0.413 e. The zero-order valence-electron chi connectivity index (χ0n) is 17.0. The van der Waals surface area contributed by atoms with Crippen molar-refractivity contribution in [3.8, 4) is 0 Å². The van der Waals surface area contributed by atoms with Crippen LogP contribution in [0.4, 0.5) is 4.79 Å². The van der Waals surface area contributed by atoms with Gasteiger partial charge in [0.15, 0.2) is 6.23 Å². The number of benzene rings is 1. The number of cyclic esters (lactones) is 1. The van der Waals surface area contributed by atoms with Crippen LogP contribution in [0.2, 0.25) is 0 Å². The van der Waals surface area contributed by atoms with Crippen molar-refractivity contribution in [1.82, 2.24) is 4.90 Å². The lowest BCUT2D eigenvalue weighted by Gasteiger charge is -2.34. The lowest BCUT2D eigenvalue weighted by molar-refractivity contribution is -0.147. The van der Waals surface area contributed by atoms with E-state index in [1.54, 1.807) is 0 Å². The fraction of sp³-hybridized carbons (Fsp3) is 0.600. The SMILES string of the molecule is [2H][C@]1(CC(C)(C)C)C(=O)O[C@@H](C(C)(C)C)N1C(=O)OCc1ccccc1. The van der Waals surface area contributed by atoms with Crippen LogP contribution in [-0.2, 0) is 20.9 Å². The standard InChI is InChI=1S/C20H29NO4/c1-19(2,3)12-15-16(22)25-17(20(4,5)6)21(15)18(23)24-13-14-10-8-7-9-11-14/h7-11,15,17H,12-13H2,1-6H3/t15-,17-/m0/s1/i15D. The average Bonchev–Trinajstić information content (AvgIpc) is 2.75. The van der Waals surface area contributed by atoms with Crippen LogP contribution in [0.25, 0.3) is 0 Å². The second-order valence-corrected chi connectivity index (χ2v) is 8.72. The summed E-state index contributed by atoms with van der Waals surface area (Å²) in [6.07, 6.45) is -1.40. The molecule has 0 radical (unpaired) electrons. The number of amides is 1. The molecule has 5 heteroatoms. The molecule has 1 aliphatic rings. The van der Waals surface area contributed by atoms with Crippen molar-refractivity contribution in [2.45, 2.75) is 66.8 Å². The van der Waals surface area contributed by atoms with Gasteiger partial charge >= 0.3 is 12.1 Å². The molecule has 1 fully saturated rings. The minimum atomic E-state index is -1.80. The van der Waals surface area contributed by atoms with Gasteiger partial charge in [-0.3, -0.25) is 4.90 Å². The molecule has 2 rings (SSSR count). The first-order valence-corrected chi connectivity index (χ1v) is 8.56. The topological polar surface area (TPSA) is 55.8 Å². The van der Waals surface area contributed by atoms with Crippen LogP contribution < -0.4 is 0 Å². The van der Waals surface area contributed by atoms with Crippen molar-refractivity contribution in [3.63, 3.8) is 0 Å². The molecule has 0 aromatic heterocycles. The highest BCUT2D eigenvalue weighted by atomic mass is 16.6. The van der Waals surface area contributed by atoms with Crippen molar-refractivity contribution in [3.05, 3.63) is 35.9 Å². The van der Waals surface area contributed by atoms with E-state index in [1.807, 2.05) is 71.9 Å². The van der Waals surface area contributed by atoms with Gasteiger partial charge in [0.05, 0.1) is 1.37 Å². The second kappa shape index (κ2) is 7.06. The predicted octanol–water partition coefficient (Wildman–Crippen LogP) is 4.36. The van der Waals surface area contributed by atoms with Crippen molar-refractivity contribution in [2.75, 3.05) is 0 Å². The number of hydrogen-bond acceptors (Lipinski definition) is 4. The van der Waals surface area contributed by atoms with E-state index in [0.717, 1.165) is 5.56 Å². The van der Waals surface area contributed by atoms with E-state index in [-0.39, 0.29) is 18.4 Å². The molecule has 2 atom stereocenters. The van der Waals surface area contributed by atoms with Crippen LogP contribution in [0.1, 0.15) is 54.9 Å². The Hall–Kier alpha value is -2.04. The fourth-order valence-electron chi connectivity index (χ4n) is 2.68. The predicted molar refractivity (Wildman–Crippen MR) is 95.7 cm³/mol. The Bertz CT molecular complexity index is 663. The normalized spacial score (nSPS) is 24.7. The maximum atomic E-state index is 12.9. The van der Waals surface area contributed by atoms with Gasteiger partial charge in [-0.25, -0.2) is 9.59 Å². The highest BCUT2D eigenvalue weighted by Crippen LogP contribution is 2.37. The largest absolute Gasteiger partial charge is 0.444 e. The van der Waals surface area contributed by atoms with Crippen LogP contribution in [-0.4, -0.2) is 29.2 Å².